The Morgan fingerprint density at radius 1 is 1.35 bits per heavy atom. The van der Waals surface area contributed by atoms with E-state index in [9.17, 15) is 5.11 Å². The van der Waals surface area contributed by atoms with Crippen molar-refractivity contribution >= 4 is 28.4 Å². The molecular formula is C16H20N2OS. The number of aromatic nitrogens is 1. The van der Waals surface area contributed by atoms with Crippen LogP contribution in [0.3, 0.4) is 0 Å². The predicted octanol–water partition coefficient (Wildman–Crippen LogP) is 4.03. The fraction of sp³-hybridized carbons (Fsp3) is 0.438. The van der Waals surface area contributed by atoms with Crippen LogP contribution in [0.2, 0.25) is 0 Å². The molecule has 2 aromatic rings. The Morgan fingerprint density at radius 3 is 3.10 bits per heavy atom. The van der Waals surface area contributed by atoms with E-state index in [4.69, 9.17) is 0 Å². The lowest BCUT2D eigenvalue weighted by atomic mass is 10.1. The summed E-state index contributed by atoms with van der Waals surface area (Å²) >= 11 is 2.06. The van der Waals surface area contributed by atoms with Crippen LogP contribution in [0.4, 0.5) is 5.82 Å². The topological polar surface area (TPSA) is 45.2 Å². The zero-order valence-corrected chi connectivity index (χ0v) is 12.5. The van der Waals surface area contributed by atoms with Crippen molar-refractivity contribution < 1.29 is 5.11 Å². The Balaban J connectivity index is 1.79. The highest BCUT2D eigenvalue weighted by molar-refractivity contribution is 7.99. The van der Waals surface area contributed by atoms with Gasteiger partial charge in [0.1, 0.15) is 11.6 Å². The SMILES string of the molecule is CCSC1CCC(Nc2nccc3ccc(O)cc23)C1. The third kappa shape index (κ3) is 2.85. The smallest absolute Gasteiger partial charge is 0.134 e. The molecule has 1 aromatic heterocycles. The van der Waals surface area contributed by atoms with Gasteiger partial charge < -0.3 is 10.4 Å². The number of hydrogen-bond donors (Lipinski definition) is 2. The quantitative estimate of drug-likeness (QED) is 0.891. The standard InChI is InChI=1S/C16H20N2OS/c1-2-20-14-6-4-12(9-14)18-16-15-10-13(19)5-3-11(15)7-8-17-16/h3,5,7-8,10,12,14,19H,2,4,6,9H2,1H3,(H,17,18). The highest BCUT2D eigenvalue weighted by Crippen LogP contribution is 2.33. The van der Waals surface area contributed by atoms with Crippen LogP contribution in [-0.4, -0.2) is 27.1 Å². The van der Waals surface area contributed by atoms with Crippen LogP contribution in [-0.2, 0) is 0 Å². The summed E-state index contributed by atoms with van der Waals surface area (Å²) in [7, 11) is 0. The van der Waals surface area contributed by atoms with Gasteiger partial charge in [0.2, 0.25) is 0 Å². The molecule has 1 saturated carbocycles. The molecule has 0 amide bonds. The fourth-order valence-corrected chi connectivity index (χ4v) is 4.07. The summed E-state index contributed by atoms with van der Waals surface area (Å²) in [5, 5.41) is 16.1. The zero-order valence-electron chi connectivity index (χ0n) is 11.7. The van der Waals surface area contributed by atoms with Crippen LogP contribution >= 0.6 is 11.8 Å². The summed E-state index contributed by atoms with van der Waals surface area (Å²) in [6.45, 7) is 2.22. The first-order chi connectivity index (χ1) is 9.76. The van der Waals surface area contributed by atoms with Gasteiger partial charge in [-0.1, -0.05) is 13.0 Å². The predicted molar refractivity (Wildman–Crippen MR) is 86.6 cm³/mol. The van der Waals surface area contributed by atoms with Gasteiger partial charge in [0.15, 0.2) is 0 Å². The van der Waals surface area contributed by atoms with Gasteiger partial charge in [0, 0.05) is 22.9 Å². The van der Waals surface area contributed by atoms with E-state index in [1.54, 1.807) is 12.1 Å². The molecule has 2 atom stereocenters. The van der Waals surface area contributed by atoms with E-state index in [0.29, 0.717) is 11.8 Å². The first-order valence-electron chi connectivity index (χ1n) is 7.22. The molecule has 4 heteroatoms. The normalized spacial score (nSPS) is 22.2. The van der Waals surface area contributed by atoms with Gasteiger partial charge in [-0.25, -0.2) is 4.98 Å². The van der Waals surface area contributed by atoms with Gasteiger partial charge in [-0.2, -0.15) is 11.8 Å². The van der Waals surface area contributed by atoms with Gasteiger partial charge in [0.05, 0.1) is 0 Å². The van der Waals surface area contributed by atoms with Gasteiger partial charge in [-0.15, -0.1) is 0 Å². The maximum Gasteiger partial charge on any atom is 0.134 e. The van der Waals surface area contributed by atoms with E-state index in [0.717, 1.165) is 21.8 Å². The number of anilines is 1. The van der Waals surface area contributed by atoms with E-state index in [1.165, 1.54) is 25.0 Å². The third-order valence-corrected chi connectivity index (χ3v) is 5.11. The van der Waals surface area contributed by atoms with E-state index < -0.39 is 0 Å². The number of pyridine rings is 1. The number of hydrogen-bond acceptors (Lipinski definition) is 4. The summed E-state index contributed by atoms with van der Waals surface area (Å²) in [6, 6.07) is 7.92. The maximum atomic E-state index is 9.67. The minimum atomic E-state index is 0.291. The molecule has 106 valence electrons. The average molecular weight is 288 g/mol. The third-order valence-electron chi connectivity index (χ3n) is 3.88. The summed E-state index contributed by atoms with van der Waals surface area (Å²) in [5.41, 5.74) is 0. The second-order valence-corrected chi connectivity index (χ2v) is 6.87. The molecule has 2 N–H and O–H groups in total. The highest BCUT2D eigenvalue weighted by atomic mass is 32.2. The first kappa shape index (κ1) is 13.6. The Labute approximate surface area is 123 Å². The Kier molecular flexibility index (Phi) is 4.01. The number of thioether (sulfide) groups is 1. The first-order valence-corrected chi connectivity index (χ1v) is 8.27. The van der Waals surface area contributed by atoms with Crippen molar-refractivity contribution in [2.75, 3.05) is 11.1 Å². The van der Waals surface area contributed by atoms with Gasteiger partial charge >= 0.3 is 0 Å². The largest absolute Gasteiger partial charge is 0.508 e. The summed E-state index contributed by atoms with van der Waals surface area (Å²) in [6.07, 6.45) is 5.52. The van der Waals surface area contributed by atoms with E-state index >= 15 is 0 Å². The number of aromatic hydroxyl groups is 1. The van der Waals surface area contributed by atoms with Crippen molar-refractivity contribution in [3.05, 3.63) is 30.5 Å². The molecule has 0 radical (unpaired) electrons. The number of phenolic OH excluding ortho intramolecular Hbond substituents is 1. The summed E-state index contributed by atoms with van der Waals surface area (Å²) in [5.74, 6) is 2.38. The lowest BCUT2D eigenvalue weighted by Gasteiger charge is -2.15. The van der Waals surface area contributed by atoms with Crippen LogP contribution in [0.15, 0.2) is 30.5 Å². The molecule has 0 bridgehead atoms. The van der Waals surface area contributed by atoms with Crippen LogP contribution < -0.4 is 5.32 Å². The molecule has 0 saturated heterocycles. The van der Waals surface area contributed by atoms with Crippen LogP contribution in [0.5, 0.6) is 5.75 Å². The van der Waals surface area contributed by atoms with Crippen molar-refractivity contribution in [2.24, 2.45) is 0 Å². The average Bonchev–Trinajstić information content (AvgIpc) is 2.87. The molecule has 2 unspecified atom stereocenters. The number of phenols is 1. The Hall–Kier alpha value is -1.42. The monoisotopic (exact) mass is 288 g/mol. The summed E-state index contributed by atoms with van der Waals surface area (Å²) < 4.78 is 0. The number of nitrogens with zero attached hydrogens (tertiary/aromatic N) is 1. The Bertz CT molecular complexity index is 602. The lowest BCUT2D eigenvalue weighted by molar-refractivity contribution is 0.476. The fourth-order valence-electron chi connectivity index (χ4n) is 2.92. The number of benzene rings is 1. The van der Waals surface area contributed by atoms with Crippen molar-refractivity contribution in [2.45, 2.75) is 37.5 Å². The van der Waals surface area contributed by atoms with Crippen LogP contribution in [0, 0.1) is 0 Å². The second kappa shape index (κ2) is 5.92. The van der Waals surface area contributed by atoms with Gasteiger partial charge in [-0.3, -0.25) is 0 Å². The number of rotatable bonds is 4. The van der Waals surface area contributed by atoms with E-state index in [-0.39, 0.29) is 0 Å². The molecule has 1 heterocycles. The molecule has 1 aromatic carbocycles. The molecule has 1 fully saturated rings. The van der Waals surface area contributed by atoms with Crippen molar-refractivity contribution in [1.82, 2.24) is 4.98 Å². The van der Waals surface area contributed by atoms with Crippen molar-refractivity contribution in [1.29, 1.82) is 0 Å². The molecule has 0 aliphatic heterocycles. The number of nitrogens with one attached hydrogen (secondary N) is 1. The maximum absolute atomic E-state index is 9.67. The highest BCUT2D eigenvalue weighted by Gasteiger charge is 2.24. The van der Waals surface area contributed by atoms with Crippen LogP contribution in [0.25, 0.3) is 10.8 Å². The van der Waals surface area contributed by atoms with Gasteiger partial charge in [0.25, 0.3) is 0 Å². The molecule has 3 nitrogen and oxygen atoms in total. The molecule has 1 aliphatic carbocycles. The molecule has 20 heavy (non-hydrogen) atoms. The minimum absolute atomic E-state index is 0.291. The van der Waals surface area contributed by atoms with Crippen LogP contribution in [0.1, 0.15) is 26.2 Å². The molecule has 3 rings (SSSR count). The lowest BCUT2D eigenvalue weighted by Crippen LogP contribution is -2.17. The van der Waals surface area contributed by atoms with Crippen molar-refractivity contribution in [3.63, 3.8) is 0 Å². The molecule has 1 aliphatic rings. The molecule has 0 spiro atoms. The molecular weight excluding hydrogens is 268 g/mol. The zero-order chi connectivity index (χ0) is 13.9. The van der Waals surface area contributed by atoms with E-state index in [1.807, 2.05) is 18.3 Å². The number of fused-ring (bicyclic) bond motifs is 1. The minimum Gasteiger partial charge on any atom is -0.508 e. The van der Waals surface area contributed by atoms with E-state index in [2.05, 4.69) is 29.0 Å². The Morgan fingerprint density at radius 2 is 2.25 bits per heavy atom. The second-order valence-electron chi connectivity index (χ2n) is 5.30. The van der Waals surface area contributed by atoms with Crippen molar-refractivity contribution in [3.8, 4) is 5.75 Å². The summed E-state index contributed by atoms with van der Waals surface area (Å²) in [4.78, 5) is 4.45. The van der Waals surface area contributed by atoms with Gasteiger partial charge in [-0.05, 0) is 48.6 Å².